The van der Waals surface area contributed by atoms with Crippen LogP contribution in [0.4, 0.5) is 4.79 Å². The van der Waals surface area contributed by atoms with E-state index < -0.39 is 6.29 Å². The smallest absolute Gasteiger partial charge is 0.315 e. The van der Waals surface area contributed by atoms with E-state index in [4.69, 9.17) is 9.47 Å². The van der Waals surface area contributed by atoms with E-state index in [-0.39, 0.29) is 30.9 Å². The summed E-state index contributed by atoms with van der Waals surface area (Å²) in [5.41, 5.74) is 7.38. The molecule has 0 aromatic heterocycles. The van der Waals surface area contributed by atoms with Gasteiger partial charge in [-0.25, -0.2) is 4.79 Å². The maximum absolute atomic E-state index is 11.8. The van der Waals surface area contributed by atoms with Gasteiger partial charge in [-0.05, 0) is 60.3 Å². The lowest BCUT2D eigenvalue weighted by Crippen LogP contribution is -2.38. The highest BCUT2D eigenvalue weighted by atomic mass is 16.7. The van der Waals surface area contributed by atoms with Crippen LogP contribution in [0, 0.1) is 0 Å². The Morgan fingerprint density at radius 2 is 1.59 bits per heavy atom. The Labute approximate surface area is 260 Å². The number of hydrogen-bond donors (Lipinski definition) is 3. The van der Waals surface area contributed by atoms with Crippen molar-refractivity contribution >= 4 is 6.03 Å². The molecule has 7 nitrogen and oxygen atoms in total. The van der Waals surface area contributed by atoms with Crippen molar-refractivity contribution in [1.29, 1.82) is 0 Å². The molecule has 0 bridgehead atoms. The minimum atomic E-state index is -0.515. The Balaban J connectivity index is 1.32. The predicted octanol–water partition coefficient (Wildman–Crippen LogP) is 6.90. The fourth-order valence-electron chi connectivity index (χ4n) is 5.60. The number of nitrogens with zero attached hydrogens (tertiary/aromatic N) is 1. The lowest BCUT2D eigenvalue weighted by Gasteiger charge is -2.39. The molecule has 4 aromatic rings. The number of hydrogen-bond acceptors (Lipinski definition) is 5. The number of amides is 2. The topological polar surface area (TPSA) is 83.1 Å². The molecule has 4 unspecified atom stereocenters. The molecule has 0 saturated carbocycles. The van der Waals surface area contributed by atoms with Crippen LogP contribution in [0.3, 0.4) is 0 Å². The van der Waals surface area contributed by atoms with Gasteiger partial charge in [0.2, 0.25) is 0 Å². The summed E-state index contributed by atoms with van der Waals surface area (Å²) in [5, 5.41) is 15.2. The zero-order valence-electron chi connectivity index (χ0n) is 25.8. The van der Waals surface area contributed by atoms with Crippen molar-refractivity contribution in [2.45, 2.75) is 58.0 Å². The summed E-state index contributed by atoms with van der Waals surface area (Å²) in [6, 6.07) is 35.1. The maximum atomic E-state index is 11.8. The van der Waals surface area contributed by atoms with Crippen molar-refractivity contribution in [2.24, 2.45) is 0 Å². The van der Waals surface area contributed by atoms with Crippen LogP contribution in [0.25, 0.3) is 11.1 Å². The van der Waals surface area contributed by atoms with Gasteiger partial charge in [0, 0.05) is 37.7 Å². The Morgan fingerprint density at radius 3 is 2.30 bits per heavy atom. The summed E-state index contributed by atoms with van der Waals surface area (Å²) in [7, 11) is 2.14. The molecule has 5 rings (SSSR count). The standard InChI is InChI=1S/C37H43N3O4/c1-4-38-37(42)39-23-28-9-8-12-33(21-28)30-17-19-32(20-18-30)36-43-34(24-40(3)26(2)29-10-6-5-7-11-29)22-35(44-36)31-15-13-27(25-41)14-16-31/h5-21,26,34-36,41H,4,22-25H2,1-3H3,(H2,38,39,42). The molecule has 1 aliphatic heterocycles. The summed E-state index contributed by atoms with van der Waals surface area (Å²) >= 11 is 0. The third-order valence-corrected chi connectivity index (χ3v) is 8.28. The number of aliphatic hydroxyl groups is 1. The van der Waals surface area contributed by atoms with Crippen molar-refractivity contribution in [2.75, 3.05) is 20.1 Å². The summed E-state index contributed by atoms with van der Waals surface area (Å²) in [4.78, 5) is 14.2. The number of benzene rings is 4. The van der Waals surface area contributed by atoms with E-state index >= 15 is 0 Å². The predicted molar refractivity (Wildman–Crippen MR) is 174 cm³/mol. The zero-order valence-corrected chi connectivity index (χ0v) is 25.8. The zero-order chi connectivity index (χ0) is 30.9. The highest BCUT2D eigenvalue weighted by Gasteiger charge is 2.33. The molecule has 3 N–H and O–H groups in total. The van der Waals surface area contributed by atoms with Crippen LogP contribution in [0.2, 0.25) is 0 Å². The molecule has 7 heteroatoms. The molecule has 230 valence electrons. The molecule has 1 saturated heterocycles. The van der Waals surface area contributed by atoms with Gasteiger partial charge in [-0.15, -0.1) is 0 Å². The van der Waals surface area contributed by atoms with Crippen LogP contribution in [0.5, 0.6) is 0 Å². The number of likely N-dealkylation sites (N-methyl/N-ethyl adjacent to an activating group) is 1. The number of urea groups is 1. The Bertz CT molecular complexity index is 1480. The molecule has 4 atom stereocenters. The summed E-state index contributed by atoms with van der Waals surface area (Å²) in [6.07, 6.45) is 0.0379. The second-order valence-electron chi connectivity index (χ2n) is 11.4. The number of rotatable bonds is 11. The first-order valence-electron chi connectivity index (χ1n) is 15.4. The SMILES string of the molecule is CCNC(=O)NCc1cccc(-c2ccc(C3OC(CN(C)C(C)c4ccccc4)CC(c4ccc(CO)cc4)O3)cc2)c1. The van der Waals surface area contributed by atoms with Crippen LogP contribution in [-0.2, 0) is 22.6 Å². The van der Waals surface area contributed by atoms with Crippen molar-refractivity contribution in [3.8, 4) is 11.1 Å². The second kappa shape index (κ2) is 15.1. The molecular weight excluding hydrogens is 550 g/mol. The van der Waals surface area contributed by atoms with Gasteiger partial charge in [0.25, 0.3) is 0 Å². The summed E-state index contributed by atoms with van der Waals surface area (Å²) in [6.45, 7) is 5.95. The Hall–Kier alpha value is -4.01. The summed E-state index contributed by atoms with van der Waals surface area (Å²) in [5.74, 6) is 0. The second-order valence-corrected chi connectivity index (χ2v) is 11.4. The average Bonchev–Trinajstić information content (AvgIpc) is 3.07. The van der Waals surface area contributed by atoms with Gasteiger partial charge in [0.15, 0.2) is 6.29 Å². The van der Waals surface area contributed by atoms with E-state index in [0.29, 0.717) is 13.1 Å². The first-order chi connectivity index (χ1) is 21.4. The van der Waals surface area contributed by atoms with Crippen LogP contribution in [0.1, 0.15) is 66.5 Å². The highest BCUT2D eigenvalue weighted by Crippen LogP contribution is 2.39. The van der Waals surface area contributed by atoms with Crippen LogP contribution in [0.15, 0.2) is 103 Å². The monoisotopic (exact) mass is 593 g/mol. The molecule has 4 aromatic carbocycles. The van der Waals surface area contributed by atoms with Crippen LogP contribution < -0.4 is 10.6 Å². The van der Waals surface area contributed by atoms with Gasteiger partial charge in [0.1, 0.15) is 0 Å². The van der Waals surface area contributed by atoms with Crippen LogP contribution >= 0.6 is 0 Å². The number of nitrogens with one attached hydrogen (secondary N) is 2. The molecular formula is C37H43N3O4. The van der Waals surface area contributed by atoms with Gasteiger partial charge in [-0.3, -0.25) is 4.90 Å². The molecule has 2 amide bonds. The molecule has 1 heterocycles. The van der Waals surface area contributed by atoms with Gasteiger partial charge in [-0.2, -0.15) is 0 Å². The third-order valence-electron chi connectivity index (χ3n) is 8.28. The minimum absolute atomic E-state index is 0.0162. The van der Waals surface area contributed by atoms with Gasteiger partial charge >= 0.3 is 6.03 Å². The molecule has 0 radical (unpaired) electrons. The largest absolute Gasteiger partial charge is 0.392 e. The quantitative estimate of drug-likeness (QED) is 0.176. The Morgan fingerprint density at radius 1 is 0.864 bits per heavy atom. The van der Waals surface area contributed by atoms with Gasteiger partial charge < -0.3 is 25.2 Å². The summed E-state index contributed by atoms with van der Waals surface area (Å²) < 4.78 is 13.2. The van der Waals surface area contributed by atoms with E-state index in [1.165, 1.54) is 5.56 Å². The number of carbonyl (C=O) groups is 1. The van der Waals surface area contributed by atoms with Gasteiger partial charge in [-0.1, -0.05) is 97.1 Å². The molecule has 1 aliphatic rings. The van der Waals surface area contributed by atoms with E-state index in [2.05, 4.69) is 90.2 Å². The first kappa shape index (κ1) is 31.4. The van der Waals surface area contributed by atoms with E-state index in [0.717, 1.165) is 46.3 Å². The highest BCUT2D eigenvalue weighted by molar-refractivity contribution is 5.73. The number of aliphatic hydroxyl groups excluding tert-OH is 1. The van der Waals surface area contributed by atoms with Crippen molar-refractivity contribution in [3.05, 3.63) is 131 Å². The van der Waals surface area contributed by atoms with E-state index in [1.807, 2.05) is 49.4 Å². The van der Waals surface area contributed by atoms with E-state index in [9.17, 15) is 9.90 Å². The van der Waals surface area contributed by atoms with Crippen molar-refractivity contribution < 1.29 is 19.4 Å². The fourth-order valence-corrected chi connectivity index (χ4v) is 5.60. The minimum Gasteiger partial charge on any atom is -0.392 e. The fraction of sp³-hybridized carbons (Fsp3) is 0.324. The van der Waals surface area contributed by atoms with Crippen molar-refractivity contribution in [3.63, 3.8) is 0 Å². The third kappa shape index (κ3) is 8.12. The molecule has 44 heavy (non-hydrogen) atoms. The number of carbonyl (C=O) groups excluding carboxylic acids is 1. The lowest BCUT2D eigenvalue weighted by atomic mass is 9.98. The van der Waals surface area contributed by atoms with E-state index in [1.54, 1.807) is 0 Å². The van der Waals surface area contributed by atoms with Gasteiger partial charge in [0.05, 0.1) is 18.8 Å². The Kier molecular flexibility index (Phi) is 10.8. The maximum Gasteiger partial charge on any atom is 0.315 e. The van der Waals surface area contributed by atoms with Crippen LogP contribution in [-0.4, -0.2) is 42.3 Å². The van der Waals surface area contributed by atoms with Crippen molar-refractivity contribution in [1.82, 2.24) is 15.5 Å². The lowest BCUT2D eigenvalue weighted by molar-refractivity contribution is -0.253. The number of ether oxygens (including phenoxy) is 2. The molecule has 1 fully saturated rings. The normalized spacial score (nSPS) is 19.0. The average molecular weight is 594 g/mol. The first-order valence-corrected chi connectivity index (χ1v) is 15.4. The molecule has 0 spiro atoms. The molecule has 0 aliphatic carbocycles.